The number of amides is 1. The van der Waals surface area contributed by atoms with Crippen LogP contribution < -0.4 is 5.32 Å². The highest BCUT2D eigenvalue weighted by molar-refractivity contribution is 9.10. The average Bonchev–Trinajstić information content (AvgIpc) is 2.84. The second-order valence-corrected chi connectivity index (χ2v) is 5.64. The van der Waals surface area contributed by atoms with E-state index in [4.69, 9.17) is 4.74 Å². The van der Waals surface area contributed by atoms with Crippen LogP contribution in [0.5, 0.6) is 0 Å². The highest BCUT2D eigenvalue weighted by atomic mass is 79.9. The first-order valence-electron chi connectivity index (χ1n) is 6.41. The Morgan fingerprint density at radius 2 is 2.32 bits per heavy atom. The predicted octanol–water partition coefficient (Wildman–Crippen LogP) is 3.65. The molecule has 1 aromatic carbocycles. The molecular formula is C14H17BrFNO2. The van der Waals surface area contributed by atoms with E-state index in [9.17, 15) is 9.18 Å². The Balaban J connectivity index is 2.13. The van der Waals surface area contributed by atoms with Crippen LogP contribution in [0.25, 0.3) is 0 Å². The van der Waals surface area contributed by atoms with E-state index < -0.39 is 0 Å². The topological polar surface area (TPSA) is 38.3 Å². The van der Waals surface area contributed by atoms with E-state index in [-0.39, 0.29) is 23.7 Å². The predicted molar refractivity (Wildman–Crippen MR) is 75.6 cm³/mol. The molecule has 2 unspecified atom stereocenters. The van der Waals surface area contributed by atoms with Crippen molar-refractivity contribution in [1.29, 1.82) is 0 Å². The monoisotopic (exact) mass is 329 g/mol. The highest BCUT2D eigenvalue weighted by Crippen LogP contribution is 2.27. The molecule has 0 bridgehead atoms. The molecule has 0 radical (unpaired) electrons. The number of benzene rings is 1. The fraction of sp³-hybridized carbons (Fsp3) is 0.500. The summed E-state index contributed by atoms with van der Waals surface area (Å²) in [7, 11) is 0. The Morgan fingerprint density at radius 3 is 3.00 bits per heavy atom. The van der Waals surface area contributed by atoms with Gasteiger partial charge in [0.2, 0.25) is 5.91 Å². The zero-order chi connectivity index (χ0) is 14.0. The molecule has 1 heterocycles. The number of anilines is 1. The van der Waals surface area contributed by atoms with E-state index in [0.717, 1.165) is 18.4 Å². The summed E-state index contributed by atoms with van der Waals surface area (Å²) in [6.07, 6.45) is 1.51. The lowest BCUT2D eigenvalue weighted by atomic mass is 9.98. The molecule has 0 saturated carbocycles. The lowest BCUT2D eigenvalue weighted by molar-refractivity contribution is -0.121. The van der Waals surface area contributed by atoms with Crippen molar-refractivity contribution in [3.8, 4) is 0 Å². The number of carbonyl (C=O) groups excluding carboxylic acids is 1. The van der Waals surface area contributed by atoms with Gasteiger partial charge in [-0.05, 0) is 53.4 Å². The van der Waals surface area contributed by atoms with Crippen LogP contribution in [0.4, 0.5) is 10.1 Å². The van der Waals surface area contributed by atoms with Gasteiger partial charge in [0, 0.05) is 12.3 Å². The molecule has 3 nitrogen and oxygen atoms in total. The minimum atomic E-state index is -0.379. The molecule has 1 saturated heterocycles. The number of halogens is 2. The summed E-state index contributed by atoms with van der Waals surface area (Å²) < 4.78 is 19.4. The van der Waals surface area contributed by atoms with Crippen LogP contribution in [-0.2, 0) is 9.53 Å². The Kier molecular flexibility index (Phi) is 4.58. The molecule has 104 valence electrons. The Hall–Kier alpha value is -0.940. The van der Waals surface area contributed by atoms with Crippen LogP contribution in [0.3, 0.4) is 0 Å². The molecule has 1 amide bonds. The van der Waals surface area contributed by atoms with Gasteiger partial charge < -0.3 is 10.1 Å². The molecule has 1 fully saturated rings. The largest absolute Gasteiger partial charge is 0.377 e. The summed E-state index contributed by atoms with van der Waals surface area (Å²) in [5.41, 5.74) is 1.35. The normalized spacial score (nSPS) is 22.5. The summed E-state index contributed by atoms with van der Waals surface area (Å²) in [4.78, 5) is 12.2. The Bertz CT molecular complexity index is 493. The number of carbonyl (C=O) groups is 1. The Morgan fingerprint density at radius 1 is 1.58 bits per heavy atom. The maximum atomic E-state index is 13.5. The third kappa shape index (κ3) is 3.15. The number of hydrogen-bond donors (Lipinski definition) is 1. The minimum absolute atomic E-state index is 0.0272. The van der Waals surface area contributed by atoms with E-state index in [1.54, 1.807) is 6.07 Å². The van der Waals surface area contributed by atoms with Crippen molar-refractivity contribution >= 4 is 27.5 Å². The molecule has 1 aromatic rings. The van der Waals surface area contributed by atoms with Crippen molar-refractivity contribution in [2.75, 3.05) is 11.9 Å². The molecule has 0 spiro atoms. The number of aryl methyl sites for hydroxylation is 1. The number of hydrogen-bond acceptors (Lipinski definition) is 2. The summed E-state index contributed by atoms with van der Waals surface area (Å²) >= 11 is 3.13. The van der Waals surface area contributed by atoms with Crippen molar-refractivity contribution in [3.05, 3.63) is 28.0 Å². The Labute approximate surface area is 120 Å². The van der Waals surface area contributed by atoms with Gasteiger partial charge in [0.1, 0.15) is 5.82 Å². The molecule has 5 heteroatoms. The molecular weight excluding hydrogens is 313 g/mol. The van der Waals surface area contributed by atoms with E-state index in [1.807, 2.05) is 13.8 Å². The lowest BCUT2D eigenvalue weighted by Crippen LogP contribution is -2.29. The summed E-state index contributed by atoms with van der Waals surface area (Å²) in [6.45, 7) is 4.45. The van der Waals surface area contributed by atoms with E-state index in [2.05, 4.69) is 21.2 Å². The van der Waals surface area contributed by atoms with Crippen molar-refractivity contribution in [2.24, 2.45) is 5.92 Å². The van der Waals surface area contributed by atoms with Crippen LogP contribution in [0.15, 0.2) is 16.6 Å². The zero-order valence-corrected chi connectivity index (χ0v) is 12.6. The van der Waals surface area contributed by atoms with Gasteiger partial charge in [-0.3, -0.25) is 4.79 Å². The molecule has 1 aliphatic heterocycles. The molecule has 2 atom stereocenters. The SMILES string of the molecule is CCC1OCCC1C(=O)Nc1cc(F)c(Br)cc1C. The number of nitrogens with one attached hydrogen (secondary N) is 1. The van der Waals surface area contributed by atoms with Crippen molar-refractivity contribution < 1.29 is 13.9 Å². The molecule has 0 aromatic heterocycles. The fourth-order valence-electron chi connectivity index (χ4n) is 2.36. The van der Waals surface area contributed by atoms with E-state index in [0.29, 0.717) is 16.8 Å². The quantitative estimate of drug-likeness (QED) is 0.919. The van der Waals surface area contributed by atoms with Crippen molar-refractivity contribution in [1.82, 2.24) is 0 Å². The average molecular weight is 330 g/mol. The second-order valence-electron chi connectivity index (χ2n) is 4.78. The van der Waals surface area contributed by atoms with Gasteiger partial charge >= 0.3 is 0 Å². The van der Waals surface area contributed by atoms with Crippen LogP contribution in [0.1, 0.15) is 25.3 Å². The van der Waals surface area contributed by atoms with Gasteiger partial charge in [-0.1, -0.05) is 6.92 Å². The third-order valence-corrected chi connectivity index (χ3v) is 4.08. The smallest absolute Gasteiger partial charge is 0.230 e. The number of ether oxygens (including phenoxy) is 1. The summed E-state index contributed by atoms with van der Waals surface area (Å²) in [6, 6.07) is 3.00. The van der Waals surface area contributed by atoms with Gasteiger partial charge in [-0.2, -0.15) is 0 Å². The summed E-state index contributed by atoms with van der Waals surface area (Å²) in [5, 5.41) is 2.80. The van der Waals surface area contributed by atoms with Crippen molar-refractivity contribution in [3.63, 3.8) is 0 Å². The maximum Gasteiger partial charge on any atom is 0.230 e. The van der Waals surface area contributed by atoms with Crippen LogP contribution in [0.2, 0.25) is 0 Å². The van der Waals surface area contributed by atoms with Crippen LogP contribution >= 0.6 is 15.9 Å². The molecule has 0 aliphatic carbocycles. The molecule has 1 aliphatic rings. The van der Waals surface area contributed by atoms with E-state index in [1.165, 1.54) is 6.07 Å². The molecule has 2 rings (SSSR count). The standard InChI is InChI=1S/C14H17BrFNO2/c1-3-13-9(4-5-19-13)14(18)17-12-7-11(16)10(15)6-8(12)2/h6-7,9,13H,3-5H2,1-2H3,(H,17,18). The minimum Gasteiger partial charge on any atom is -0.377 e. The van der Waals surface area contributed by atoms with Gasteiger partial charge in [0.25, 0.3) is 0 Å². The first-order valence-corrected chi connectivity index (χ1v) is 7.20. The maximum absolute atomic E-state index is 13.5. The number of rotatable bonds is 3. The first kappa shape index (κ1) is 14.5. The van der Waals surface area contributed by atoms with Crippen molar-refractivity contribution in [2.45, 2.75) is 32.8 Å². The van der Waals surface area contributed by atoms with Gasteiger partial charge in [-0.15, -0.1) is 0 Å². The fourth-order valence-corrected chi connectivity index (χ4v) is 2.81. The second kappa shape index (κ2) is 6.01. The third-order valence-electron chi connectivity index (χ3n) is 3.47. The lowest BCUT2D eigenvalue weighted by Gasteiger charge is -2.17. The van der Waals surface area contributed by atoms with Gasteiger partial charge in [-0.25, -0.2) is 4.39 Å². The zero-order valence-electron chi connectivity index (χ0n) is 11.0. The van der Waals surface area contributed by atoms with Gasteiger partial charge in [0.15, 0.2) is 0 Å². The summed E-state index contributed by atoms with van der Waals surface area (Å²) in [5.74, 6) is -0.610. The highest BCUT2D eigenvalue weighted by Gasteiger charge is 2.32. The first-order chi connectivity index (χ1) is 9.02. The molecule has 1 N–H and O–H groups in total. The van der Waals surface area contributed by atoms with Crippen LogP contribution in [-0.4, -0.2) is 18.6 Å². The van der Waals surface area contributed by atoms with Crippen LogP contribution in [0, 0.1) is 18.7 Å². The van der Waals surface area contributed by atoms with E-state index >= 15 is 0 Å². The van der Waals surface area contributed by atoms with Gasteiger partial charge in [0.05, 0.1) is 16.5 Å². The molecule has 19 heavy (non-hydrogen) atoms.